The lowest BCUT2D eigenvalue weighted by Crippen LogP contribution is -2.14. The molecule has 0 saturated carbocycles. The van der Waals surface area contributed by atoms with Crippen molar-refractivity contribution < 1.29 is 9.39 Å². The number of H-pyrrole nitrogens is 1. The summed E-state index contributed by atoms with van der Waals surface area (Å²) in [7, 11) is 2.03. The van der Waals surface area contributed by atoms with E-state index in [4.69, 9.17) is 15.1 Å². The standard InChI is InChI=1S/C18H16BN5O3/c1-26-19-24-12-6-7-13(11-5-3-2-4-10(11)12)27-14-8-9-21-17-15(14)22-16(20)18(25)23-17/h2-9,19,24H,1H3,(H2,20,22)(H,21,23,25). The molecule has 4 N–H and O–H groups in total. The summed E-state index contributed by atoms with van der Waals surface area (Å²) >= 11 is 0. The Balaban J connectivity index is 1.82. The van der Waals surface area contributed by atoms with Crippen molar-refractivity contribution >= 4 is 41.1 Å². The molecule has 0 aliphatic rings. The van der Waals surface area contributed by atoms with Crippen LogP contribution in [-0.2, 0) is 4.65 Å². The van der Waals surface area contributed by atoms with Gasteiger partial charge in [0.25, 0.3) is 5.56 Å². The number of nitrogens with two attached hydrogens (primary N) is 1. The average molecular weight is 361 g/mol. The number of fused-ring (bicyclic) bond motifs is 2. The number of nitrogens with zero attached hydrogens (tertiary/aromatic N) is 2. The van der Waals surface area contributed by atoms with Crippen LogP contribution in [0.4, 0.5) is 11.5 Å². The molecule has 2 aromatic heterocycles. The van der Waals surface area contributed by atoms with Crippen molar-refractivity contribution in [3.05, 3.63) is 59.0 Å². The first kappa shape index (κ1) is 16.9. The highest BCUT2D eigenvalue weighted by atomic mass is 16.5. The third kappa shape index (κ3) is 3.15. The summed E-state index contributed by atoms with van der Waals surface area (Å²) in [4.78, 5) is 22.5. The zero-order valence-electron chi connectivity index (χ0n) is 14.5. The van der Waals surface area contributed by atoms with Gasteiger partial charge in [0.2, 0.25) is 0 Å². The monoisotopic (exact) mass is 361 g/mol. The van der Waals surface area contributed by atoms with Gasteiger partial charge in [-0.05, 0) is 12.1 Å². The largest absolute Gasteiger partial charge is 0.454 e. The maximum absolute atomic E-state index is 11.7. The van der Waals surface area contributed by atoms with Gasteiger partial charge in [-0.2, -0.15) is 0 Å². The van der Waals surface area contributed by atoms with Crippen molar-refractivity contribution in [2.45, 2.75) is 0 Å². The molecule has 0 fully saturated rings. The Morgan fingerprint density at radius 1 is 1.11 bits per heavy atom. The number of aromatic nitrogens is 3. The zero-order chi connectivity index (χ0) is 18.8. The number of nitrogen functional groups attached to an aromatic ring is 1. The quantitative estimate of drug-likeness (QED) is 0.467. The van der Waals surface area contributed by atoms with Crippen LogP contribution in [0.1, 0.15) is 0 Å². The molecule has 0 saturated heterocycles. The van der Waals surface area contributed by atoms with Crippen LogP contribution in [0.25, 0.3) is 21.9 Å². The molecule has 2 aromatic carbocycles. The lowest BCUT2D eigenvalue weighted by atomic mass is 10.1. The van der Waals surface area contributed by atoms with Gasteiger partial charge in [0.15, 0.2) is 22.7 Å². The fraction of sp³-hybridized carbons (Fsp3) is 0.0556. The number of ether oxygens (including phenoxy) is 1. The number of pyridine rings is 1. The lowest BCUT2D eigenvalue weighted by Gasteiger charge is -2.14. The molecule has 4 aromatic rings. The summed E-state index contributed by atoms with van der Waals surface area (Å²) in [6.45, 7) is 0. The van der Waals surface area contributed by atoms with Crippen molar-refractivity contribution in [1.82, 2.24) is 15.0 Å². The van der Waals surface area contributed by atoms with Gasteiger partial charge in [-0.25, -0.2) is 9.97 Å². The Morgan fingerprint density at radius 2 is 1.93 bits per heavy atom. The van der Waals surface area contributed by atoms with E-state index in [2.05, 4.69) is 20.2 Å². The van der Waals surface area contributed by atoms with E-state index in [0.29, 0.717) is 30.3 Å². The number of hydrogen-bond acceptors (Lipinski definition) is 7. The molecular weight excluding hydrogens is 345 g/mol. The highest BCUT2D eigenvalue weighted by Gasteiger charge is 2.12. The molecule has 0 bridgehead atoms. The van der Waals surface area contributed by atoms with E-state index in [0.717, 1.165) is 16.5 Å². The second-order valence-electron chi connectivity index (χ2n) is 5.83. The SMILES string of the molecule is COBNc1ccc(Oc2ccnc3[nH]c(=O)c(N)nc23)c2ccccc12. The molecule has 9 heteroatoms. The van der Waals surface area contributed by atoms with Crippen molar-refractivity contribution in [3.8, 4) is 11.5 Å². The van der Waals surface area contributed by atoms with Gasteiger partial charge in [-0.15, -0.1) is 0 Å². The summed E-state index contributed by atoms with van der Waals surface area (Å²) in [5, 5.41) is 5.12. The number of hydrogen-bond donors (Lipinski definition) is 3. The summed E-state index contributed by atoms with van der Waals surface area (Å²) in [6, 6.07) is 13.3. The second-order valence-corrected chi connectivity index (χ2v) is 5.83. The predicted octanol–water partition coefficient (Wildman–Crippen LogP) is 2.17. The van der Waals surface area contributed by atoms with E-state index in [1.165, 1.54) is 0 Å². The average Bonchev–Trinajstić information content (AvgIpc) is 2.69. The molecule has 134 valence electrons. The first-order valence-electron chi connectivity index (χ1n) is 8.24. The number of nitrogens with one attached hydrogen (secondary N) is 2. The summed E-state index contributed by atoms with van der Waals surface area (Å²) < 4.78 is 11.2. The van der Waals surface area contributed by atoms with E-state index in [1.54, 1.807) is 19.4 Å². The van der Waals surface area contributed by atoms with Crippen LogP contribution in [0.15, 0.2) is 53.5 Å². The van der Waals surface area contributed by atoms with E-state index in [1.807, 2.05) is 36.4 Å². The highest BCUT2D eigenvalue weighted by Crippen LogP contribution is 2.35. The first-order valence-corrected chi connectivity index (χ1v) is 8.24. The van der Waals surface area contributed by atoms with Crippen LogP contribution in [0.2, 0.25) is 0 Å². The van der Waals surface area contributed by atoms with Crippen molar-refractivity contribution in [2.24, 2.45) is 0 Å². The van der Waals surface area contributed by atoms with E-state index in [9.17, 15) is 4.79 Å². The molecule has 0 radical (unpaired) electrons. The molecule has 0 atom stereocenters. The number of anilines is 2. The van der Waals surface area contributed by atoms with Gasteiger partial charge in [0.05, 0.1) is 0 Å². The minimum atomic E-state index is -0.480. The van der Waals surface area contributed by atoms with Gasteiger partial charge in [-0.1, -0.05) is 24.3 Å². The highest BCUT2D eigenvalue weighted by molar-refractivity contribution is 6.33. The maximum atomic E-state index is 11.7. The second kappa shape index (κ2) is 6.97. The molecule has 0 amide bonds. The topological polar surface area (TPSA) is 115 Å². The normalized spacial score (nSPS) is 10.9. The minimum Gasteiger partial charge on any atom is -0.454 e. The van der Waals surface area contributed by atoms with Gasteiger partial charge >= 0.3 is 7.62 Å². The number of rotatable bonds is 5. The van der Waals surface area contributed by atoms with Gasteiger partial charge in [0.1, 0.15) is 5.75 Å². The van der Waals surface area contributed by atoms with Crippen LogP contribution in [0.5, 0.6) is 11.5 Å². The van der Waals surface area contributed by atoms with Crippen molar-refractivity contribution in [3.63, 3.8) is 0 Å². The molecule has 4 rings (SSSR count). The predicted molar refractivity (Wildman–Crippen MR) is 106 cm³/mol. The van der Waals surface area contributed by atoms with Gasteiger partial charge < -0.3 is 25.3 Å². The van der Waals surface area contributed by atoms with E-state index >= 15 is 0 Å². The zero-order valence-corrected chi connectivity index (χ0v) is 14.5. The van der Waals surface area contributed by atoms with Gasteiger partial charge in [0, 0.05) is 35.8 Å². The Labute approximate surface area is 154 Å². The summed E-state index contributed by atoms with van der Waals surface area (Å²) in [5.41, 5.74) is 6.81. The molecule has 0 aliphatic carbocycles. The van der Waals surface area contributed by atoms with Crippen molar-refractivity contribution in [1.29, 1.82) is 0 Å². The van der Waals surface area contributed by atoms with E-state index < -0.39 is 5.56 Å². The maximum Gasteiger partial charge on any atom is 0.393 e. The van der Waals surface area contributed by atoms with Crippen LogP contribution in [0.3, 0.4) is 0 Å². The molecule has 0 unspecified atom stereocenters. The van der Waals surface area contributed by atoms with Crippen LogP contribution >= 0.6 is 0 Å². The Hall–Kier alpha value is -3.59. The lowest BCUT2D eigenvalue weighted by molar-refractivity contribution is 0.446. The van der Waals surface area contributed by atoms with Crippen LogP contribution in [0, 0.1) is 0 Å². The van der Waals surface area contributed by atoms with E-state index in [-0.39, 0.29) is 5.82 Å². The van der Waals surface area contributed by atoms with Crippen LogP contribution < -0.4 is 21.3 Å². The molecule has 0 aliphatic heterocycles. The smallest absolute Gasteiger partial charge is 0.393 e. The molecule has 2 heterocycles. The Kier molecular flexibility index (Phi) is 4.35. The summed E-state index contributed by atoms with van der Waals surface area (Å²) in [6.07, 6.45) is 1.54. The number of benzene rings is 2. The van der Waals surface area contributed by atoms with Crippen molar-refractivity contribution in [2.75, 3.05) is 18.1 Å². The first-order chi connectivity index (χ1) is 13.2. The van der Waals surface area contributed by atoms with Crippen LogP contribution in [-0.4, -0.2) is 29.7 Å². The third-order valence-electron chi connectivity index (χ3n) is 4.10. The molecule has 8 nitrogen and oxygen atoms in total. The Bertz CT molecular complexity index is 1190. The molecular formula is C18H16BN5O3. The van der Waals surface area contributed by atoms with Gasteiger partial charge in [-0.3, -0.25) is 4.79 Å². The molecule has 27 heavy (non-hydrogen) atoms. The minimum absolute atomic E-state index is 0.135. The Morgan fingerprint density at radius 3 is 2.74 bits per heavy atom. The number of aromatic amines is 1. The third-order valence-corrected chi connectivity index (χ3v) is 4.10. The molecule has 0 spiro atoms. The summed E-state index contributed by atoms with van der Waals surface area (Å²) in [5.74, 6) is 0.961. The fourth-order valence-electron chi connectivity index (χ4n) is 2.84. The fourth-order valence-corrected chi connectivity index (χ4v) is 2.84.